The fourth-order valence-electron chi connectivity index (χ4n) is 4.21. The third-order valence-electron chi connectivity index (χ3n) is 5.76. The summed E-state index contributed by atoms with van der Waals surface area (Å²) in [7, 11) is 0. The molecule has 32 heavy (non-hydrogen) atoms. The molecule has 8 heteroatoms. The first-order valence-corrected chi connectivity index (χ1v) is 10.3. The van der Waals surface area contributed by atoms with E-state index in [2.05, 4.69) is 15.5 Å². The number of amides is 1. The molecule has 2 aromatic carbocycles. The summed E-state index contributed by atoms with van der Waals surface area (Å²) in [5, 5.41) is 10.8. The Morgan fingerprint density at radius 2 is 1.97 bits per heavy atom. The van der Waals surface area contributed by atoms with Gasteiger partial charge in [-0.1, -0.05) is 18.2 Å². The summed E-state index contributed by atoms with van der Waals surface area (Å²) in [6.45, 7) is 2.48. The van der Waals surface area contributed by atoms with Crippen molar-refractivity contribution in [3.63, 3.8) is 0 Å². The molecule has 2 aromatic heterocycles. The molecule has 4 aromatic rings. The first kappa shape index (κ1) is 18.6. The minimum absolute atomic E-state index is 0.0650. The number of benzene rings is 2. The second kappa shape index (κ2) is 7.19. The maximum Gasteiger partial charge on any atom is 0.258 e. The molecule has 2 aliphatic heterocycles. The number of hydrogen-bond donors (Lipinski definition) is 2. The normalized spacial score (nSPS) is 16.7. The number of rotatable bonds is 4. The quantitative estimate of drug-likeness (QED) is 0.498. The summed E-state index contributed by atoms with van der Waals surface area (Å²) in [6.07, 6.45) is 1.29. The molecule has 0 radical (unpaired) electrons. The molecule has 0 spiro atoms. The van der Waals surface area contributed by atoms with Crippen LogP contribution in [-0.2, 0) is 6.54 Å². The number of anilines is 1. The van der Waals surface area contributed by atoms with Gasteiger partial charge in [-0.25, -0.2) is 0 Å². The van der Waals surface area contributed by atoms with Crippen LogP contribution < -0.4 is 14.8 Å². The molecule has 4 heterocycles. The van der Waals surface area contributed by atoms with Crippen LogP contribution in [0.1, 0.15) is 33.4 Å². The maximum atomic E-state index is 13.6. The number of carbonyl (C=O) groups is 1. The Bertz CT molecular complexity index is 1330. The SMILES string of the molecule is Cc1ccc(-c2[nH]ncc2C2Nc3ccccc3C(=O)N2Cc2ccc3c(c2)OCO3)o1. The van der Waals surface area contributed by atoms with Crippen molar-refractivity contribution in [1.82, 2.24) is 15.1 Å². The van der Waals surface area contributed by atoms with Gasteiger partial charge in [-0.15, -0.1) is 0 Å². The summed E-state index contributed by atoms with van der Waals surface area (Å²) < 4.78 is 16.8. The zero-order chi connectivity index (χ0) is 21.7. The lowest BCUT2D eigenvalue weighted by molar-refractivity contribution is 0.0667. The van der Waals surface area contributed by atoms with E-state index in [1.165, 1.54) is 0 Å². The second-order valence-electron chi connectivity index (χ2n) is 7.82. The maximum absolute atomic E-state index is 13.6. The molecule has 0 aliphatic carbocycles. The number of aryl methyl sites for hydroxylation is 1. The van der Waals surface area contributed by atoms with Crippen molar-refractivity contribution in [2.24, 2.45) is 0 Å². The van der Waals surface area contributed by atoms with Crippen LogP contribution in [0.2, 0.25) is 0 Å². The number of carbonyl (C=O) groups excluding carboxylic acids is 1. The van der Waals surface area contributed by atoms with E-state index in [4.69, 9.17) is 13.9 Å². The van der Waals surface area contributed by atoms with Crippen molar-refractivity contribution in [2.75, 3.05) is 12.1 Å². The van der Waals surface area contributed by atoms with E-state index in [0.29, 0.717) is 29.4 Å². The first-order chi connectivity index (χ1) is 15.7. The number of para-hydroxylation sites is 1. The zero-order valence-corrected chi connectivity index (χ0v) is 17.3. The number of fused-ring (bicyclic) bond motifs is 2. The third-order valence-corrected chi connectivity index (χ3v) is 5.76. The number of aromatic amines is 1. The van der Waals surface area contributed by atoms with Crippen LogP contribution in [-0.4, -0.2) is 27.8 Å². The van der Waals surface area contributed by atoms with Crippen molar-refractivity contribution in [2.45, 2.75) is 19.6 Å². The van der Waals surface area contributed by atoms with E-state index in [0.717, 1.165) is 28.3 Å². The third kappa shape index (κ3) is 2.99. The van der Waals surface area contributed by atoms with Gasteiger partial charge in [0.2, 0.25) is 6.79 Å². The van der Waals surface area contributed by atoms with Gasteiger partial charge in [-0.05, 0) is 48.9 Å². The Labute approximate surface area is 183 Å². The minimum Gasteiger partial charge on any atom is -0.460 e. The standard InChI is InChI=1S/C24H20N4O4/c1-14-6-8-20(32-14)22-17(11-25-27-22)23-26-18-5-3-2-4-16(18)24(29)28(23)12-15-7-9-19-21(10-15)31-13-30-19/h2-11,23,26H,12-13H2,1H3,(H,25,27). The number of nitrogens with one attached hydrogen (secondary N) is 2. The van der Waals surface area contributed by atoms with Crippen molar-refractivity contribution in [3.05, 3.63) is 83.2 Å². The molecule has 8 nitrogen and oxygen atoms in total. The average molecular weight is 428 g/mol. The van der Waals surface area contributed by atoms with Gasteiger partial charge >= 0.3 is 0 Å². The average Bonchev–Trinajstić information content (AvgIpc) is 3.55. The Balaban J connectivity index is 1.42. The first-order valence-electron chi connectivity index (χ1n) is 10.3. The molecule has 0 fully saturated rings. The van der Waals surface area contributed by atoms with Crippen LogP contribution in [0.25, 0.3) is 11.5 Å². The van der Waals surface area contributed by atoms with E-state index in [1.807, 2.05) is 61.5 Å². The van der Waals surface area contributed by atoms with Gasteiger partial charge in [0.05, 0.1) is 11.8 Å². The number of aromatic nitrogens is 2. The van der Waals surface area contributed by atoms with Crippen LogP contribution in [0.3, 0.4) is 0 Å². The van der Waals surface area contributed by atoms with Crippen molar-refractivity contribution >= 4 is 11.6 Å². The van der Waals surface area contributed by atoms with Gasteiger partial charge in [0, 0.05) is 17.8 Å². The summed E-state index contributed by atoms with van der Waals surface area (Å²) in [5.74, 6) is 2.81. The van der Waals surface area contributed by atoms with Crippen molar-refractivity contribution < 1.29 is 18.7 Å². The number of furan rings is 1. The number of ether oxygens (including phenoxy) is 2. The lowest BCUT2D eigenvalue weighted by Gasteiger charge is -2.38. The highest BCUT2D eigenvalue weighted by atomic mass is 16.7. The molecular weight excluding hydrogens is 408 g/mol. The number of hydrogen-bond acceptors (Lipinski definition) is 6. The van der Waals surface area contributed by atoms with Gasteiger partial charge in [-0.2, -0.15) is 5.10 Å². The van der Waals surface area contributed by atoms with E-state index in [1.54, 1.807) is 11.1 Å². The van der Waals surface area contributed by atoms with Gasteiger partial charge in [0.25, 0.3) is 5.91 Å². The summed E-state index contributed by atoms with van der Waals surface area (Å²) in [5.41, 5.74) is 3.91. The van der Waals surface area contributed by atoms with E-state index >= 15 is 0 Å². The monoisotopic (exact) mass is 428 g/mol. The molecule has 0 saturated carbocycles. The fourth-order valence-corrected chi connectivity index (χ4v) is 4.21. The van der Waals surface area contributed by atoms with Crippen LogP contribution in [0.15, 0.2) is 65.2 Å². The molecule has 6 rings (SSSR count). The van der Waals surface area contributed by atoms with Crippen LogP contribution in [0.4, 0.5) is 5.69 Å². The molecular formula is C24H20N4O4. The summed E-state index contributed by atoms with van der Waals surface area (Å²) >= 11 is 0. The molecule has 1 unspecified atom stereocenters. The lowest BCUT2D eigenvalue weighted by atomic mass is 10.0. The fraction of sp³-hybridized carbons (Fsp3) is 0.167. The minimum atomic E-state index is -0.443. The van der Waals surface area contributed by atoms with Crippen LogP contribution in [0.5, 0.6) is 11.5 Å². The predicted molar refractivity (Wildman–Crippen MR) is 116 cm³/mol. The highest BCUT2D eigenvalue weighted by molar-refractivity contribution is 6.01. The predicted octanol–water partition coefficient (Wildman–Crippen LogP) is 4.47. The van der Waals surface area contributed by atoms with Gasteiger partial charge in [-0.3, -0.25) is 9.89 Å². The Morgan fingerprint density at radius 3 is 2.84 bits per heavy atom. The molecule has 0 bridgehead atoms. The van der Waals surface area contributed by atoms with E-state index in [-0.39, 0.29) is 12.7 Å². The van der Waals surface area contributed by atoms with Gasteiger partial charge < -0.3 is 24.1 Å². The van der Waals surface area contributed by atoms with Crippen LogP contribution >= 0.6 is 0 Å². The Hall–Kier alpha value is -4.20. The topological polar surface area (TPSA) is 92.6 Å². The van der Waals surface area contributed by atoms with Crippen LogP contribution in [0, 0.1) is 6.92 Å². The van der Waals surface area contributed by atoms with Gasteiger partial charge in [0.15, 0.2) is 17.3 Å². The van der Waals surface area contributed by atoms with E-state index in [9.17, 15) is 4.79 Å². The molecule has 2 aliphatic rings. The molecule has 1 amide bonds. The molecule has 1 atom stereocenters. The Kier molecular flexibility index (Phi) is 4.17. The second-order valence-corrected chi connectivity index (χ2v) is 7.82. The summed E-state index contributed by atoms with van der Waals surface area (Å²) in [6, 6.07) is 17.1. The van der Waals surface area contributed by atoms with Gasteiger partial charge in [0.1, 0.15) is 17.6 Å². The Morgan fingerprint density at radius 1 is 1.09 bits per heavy atom. The van der Waals surface area contributed by atoms with E-state index < -0.39 is 6.17 Å². The summed E-state index contributed by atoms with van der Waals surface area (Å²) in [4.78, 5) is 15.4. The molecule has 2 N–H and O–H groups in total. The molecule has 0 saturated heterocycles. The smallest absolute Gasteiger partial charge is 0.258 e. The number of nitrogens with zero attached hydrogens (tertiary/aromatic N) is 2. The van der Waals surface area contributed by atoms with Crippen molar-refractivity contribution in [3.8, 4) is 23.0 Å². The van der Waals surface area contributed by atoms with Crippen molar-refractivity contribution in [1.29, 1.82) is 0 Å². The number of H-pyrrole nitrogens is 1. The highest BCUT2D eigenvalue weighted by Crippen LogP contribution is 2.39. The lowest BCUT2D eigenvalue weighted by Crippen LogP contribution is -2.42. The zero-order valence-electron chi connectivity index (χ0n) is 17.3. The highest BCUT2D eigenvalue weighted by Gasteiger charge is 2.35. The molecule has 160 valence electrons. The largest absolute Gasteiger partial charge is 0.460 e.